The third-order valence-corrected chi connectivity index (χ3v) is 7.06. The Hall–Kier alpha value is -2.13. The topological polar surface area (TPSA) is 66.9 Å². The zero-order valence-corrected chi connectivity index (χ0v) is 18.2. The minimum absolute atomic E-state index is 0.00858. The molecule has 0 aliphatic carbocycles. The molecule has 3 rings (SSSR count). The van der Waals surface area contributed by atoms with Gasteiger partial charge in [-0.3, -0.25) is 0 Å². The van der Waals surface area contributed by atoms with Crippen molar-refractivity contribution in [1.29, 1.82) is 0 Å². The van der Waals surface area contributed by atoms with Crippen LogP contribution in [0, 0.1) is 5.82 Å². The molecule has 0 spiro atoms. The zero-order valence-electron chi connectivity index (χ0n) is 15.9. The van der Waals surface area contributed by atoms with Crippen LogP contribution in [0.3, 0.4) is 0 Å². The third-order valence-electron chi connectivity index (χ3n) is 4.58. The summed E-state index contributed by atoms with van der Waals surface area (Å²) in [5, 5.41) is 0.151. The van der Waals surface area contributed by atoms with Crippen LogP contribution in [0.25, 0.3) is 0 Å². The number of rotatable bonds is 6. The summed E-state index contributed by atoms with van der Waals surface area (Å²) in [4.78, 5) is 13.9. The van der Waals surface area contributed by atoms with Gasteiger partial charge in [-0.15, -0.1) is 0 Å². The molecule has 1 fully saturated rings. The Kier molecular flexibility index (Phi) is 7.02. The highest BCUT2D eigenvalue weighted by atomic mass is 35.5. The summed E-state index contributed by atoms with van der Waals surface area (Å²) in [5.74, 6) is -1.06. The fraction of sp³-hybridized carbons (Fsp3) is 0.250. The molecular weight excluding hydrogens is 454 g/mol. The Balaban J connectivity index is 1.75. The molecule has 0 aromatic heterocycles. The van der Waals surface area contributed by atoms with Crippen LogP contribution >= 0.6 is 23.2 Å². The number of carbonyl (C=O) groups excluding carboxylic acids is 1. The van der Waals surface area contributed by atoms with E-state index in [1.165, 1.54) is 34.6 Å². The second-order valence-electron chi connectivity index (χ2n) is 6.61. The van der Waals surface area contributed by atoms with Gasteiger partial charge >= 0.3 is 5.97 Å². The SMILES string of the molecule is C=C(Cl)COC(=O)c1ccc(Cl)c(S(=O)(=O)N2CCN(c3ccc(F)cc3)CC2)c1. The fourth-order valence-corrected chi connectivity index (χ4v) is 5.01. The van der Waals surface area contributed by atoms with Gasteiger partial charge in [-0.25, -0.2) is 17.6 Å². The first kappa shape index (κ1) is 22.6. The molecule has 2 aromatic carbocycles. The molecule has 0 atom stereocenters. The van der Waals surface area contributed by atoms with Crippen molar-refractivity contribution in [2.45, 2.75) is 4.90 Å². The van der Waals surface area contributed by atoms with Gasteiger partial charge in [-0.1, -0.05) is 29.8 Å². The van der Waals surface area contributed by atoms with Crippen LogP contribution in [0.2, 0.25) is 5.02 Å². The molecular formula is C20H19Cl2FN2O4S. The van der Waals surface area contributed by atoms with E-state index in [1.54, 1.807) is 12.1 Å². The molecule has 0 radical (unpaired) electrons. The van der Waals surface area contributed by atoms with E-state index in [0.717, 1.165) is 5.69 Å². The molecule has 0 bridgehead atoms. The predicted octanol–water partition coefficient (Wildman–Crippen LogP) is 3.90. The monoisotopic (exact) mass is 472 g/mol. The maximum Gasteiger partial charge on any atom is 0.338 e. The lowest BCUT2D eigenvalue weighted by Gasteiger charge is -2.35. The van der Waals surface area contributed by atoms with E-state index in [0.29, 0.717) is 13.1 Å². The number of carbonyl (C=O) groups is 1. The van der Waals surface area contributed by atoms with Gasteiger partial charge in [0.1, 0.15) is 17.3 Å². The average Bonchev–Trinajstić information content (AvgIpc) is 2.73. The molecule has 6 nitrogen and oxygen atoms in total. The predicted molar refractivity (Wildman–Crippen MR) is 114 cm³/mol. The van der Waals surface area contributed by atoms with E-state index in [-0.39, 0.29) is 46.0 Å². The van der Waals surface area contributed by atoms with Gasteiger partial charge < -0.3 is 9.64 Å². The van der Waals surface area contributed by atoms with Crippen LogP contribution in [0.5, 0.6) is 0 Å². The maximum atomic E-state index is 13.1. The number of anilines is 1. The summed E-state index contributed by atoms with van der Waals surface area (Å²) < 4.78 is 45.6. The second kappa shape index (κ2) is 9.34. The first-order valence-electron chi connectivity index (χ1n) is 8.99. The molecule has 10 heteroatoms. The van der Waals surface area contributed by atoms with E-state index in [4.69, 9.17) is 27.9 Å². The van der Waals surface area contributed by atoms with Crippen molar-refractivity contribution < 1.29 is 22.3 Å². The van der Waals surface area contributed by atoms with Gasteiger partial charge in [-0.05, 0) is 42.5 Å². The zero-order chi connectivity index (χ0) is 21.9. The number of ether oxygens (including phenoxy) is 1. The minimum Gasteiger partial charge on any atom is -0.456 e. The summed E-state index contributed by atoms with van der Waals surface area (Å²) in [6, 6.07) is 9.96. The van der Waals surface area contributed by atoms with Gasteiger partial charge in [0, 0.05) is 36.9 Å². The molecule has 0 amide bonds. The first-order chi connectivity index (χ1) is 14.2. The van der Waals surface area contributed by atoms with Crippen LogP contribution in [-0.2, 0) is 14.8 Å². The standard InChI is InChI=1S/C20H19Cl2FN2O4S/c1-14(21)13-29-20(26)15-2-7-18(22)19(12-15)30(27,28)25-10-8-24(9-11-25)17-5-3-16(23)4-6-17/h2-7,12H,1,8-11,13H2. The molecule has 1 saturated heterocycles. The molecule has 160 valence electrons. The summed E-state index contributed by atoms with van der Waals surface area (Å²) >= 11 is 11.7. The van der Waals surface area contributed by atoms with Gasteiger partial charge in [0.15, 0.2) is 0 Å². The van der Waals surface area contributed by atoms with E-state index < -0.39 is 16.0 Å². The van der Waals surface area contributed by atoms with Gasteiger partial charge in [0.25, 0.3) is 0 Å². The Labute approximate surface area is 184 Å². The van der Waals surface area contributed by atoms with Crippen LogP contribution in [0.1, 0.15) is 10.4 Å². The quantitative estimate of drug-likeness (QED) is 0.596. The van der Waals surface area contributed by atoms with Crippen molar-refractivity contribution in [2.75, 3.05) is 37.7 Å². The molecule has 0 N–H and O–H groups in total. The van der Waals surface area contributed by atoms with Crippen molar-refractivity contribution in [3.8, 4) is 0 Å². The van der Waals surface area contributed by atoms with Gasteiger partial charge in [0.2, 0.25) is 10.0 Å². The molecule has 30 heavy (non-hydrogen) atoms. The van der Waals surface area contributed by atoms with E-state index in [2.05, 4.69) is 6.58 Å². The Morgan fingerprint density at radius 2 is 1.73 bits per heavy atom. The highest BCUT2D eigenvalue weighted by Crippen LogP contribution is 2.28. The lowest BCUT2D eigenvalue weighted by Crippen LogP contribution is -2.48. The lowest BCUT2D eigenvalue weighted by atomic mass is 10.2. The molecule has 0 unspecified atom stereocenters. The van der Waals surface area contributed by atoms with Crippen molar-refractivity contribution in [2.24, 2.45) is 0 Å². The van der Waals surface area contributed by atoms with Crippen LogP contribution in [0.4, 0.5) is 10.1 Å². The van der Waals surface area contributed by atoms with Gasteiger partial charge in [0.05, 0.1) is 10.6 Å². The highest BCUT2D eigenvalue weighted by molar-refractivity contribution is 7.89. The smallest absolute Gasteiger partial charge is 0.338 e. The summed E-state index contributed by atoms with van der Waals surface area (Å²) in [7, 11) is -3.93. The lowest BCUT2D eigenvalue weighted by molar-refractivity contribution is 0.0546. The number of hydrogen-bond donors (Lipinski definition) is 0. The molecule has 1 heterocycles. The van der Waals surface area contributed by atoms with Gasteiger partial charge in [-0.2, -0.15) is 4.31 Å². The van der Waals surface area contributed by atoms with Crippen molar-refractivity contribution >= 4 is 44.9 Å². The molecule has 1 aliphatic rings. The second-order valence-corrected chi connectivity index (χ2v) is 9.45. The summed E-state index contributed by atoms with van der Waals surface area (Å²) in [6.07, 6.45) is 0. The van der Waals surface area contributed by atoms with E-state index in [9.17, 15) is 17.6 Å². The molecule has 0 saturated carbocycles. The summed E-state index contributed by atoms with van der Waals surface area (Å²) in [5.41, 5.74) is 0.859. The van der Waals surface area contributed by atoms with Crippen LogP contribution in [0.15, 0.2) is 59.0 Å². The van der Waals surface area contributed by atoms with Crippen molar-refractivity contribution in [3.63, 3.8) is 0 Å². The highest BCUT2D eigenvalue weighted by Gasteiger charge is 2.31. The number of piperazine rings is 1. The third kappa shape index (κ3) is 5.13. The average molecular weight is 473 g/mol. The van der Waals surface area contributed by atoms with Crippen molar-refractivity contribution in [3.05, 3.63) is 70.5 Å². The maximum absolute atomic E-state index is 13.1. The largest absolute Gasteiger partial charge is 0.456 e. The van der Waals surface area contributed by atoms with Crippen LogP contribution in [-0.4, -0.2) is 51.5 Å². The Bertz CT molecular complexity index is 1050. The number of hydrogen-bond acceptors (Lipinski definition) is 5. The number of benzene rings is 2. The minimum atomic E-state index is -3.93. The number of sulfonamides is 1. The number of halogens is 3. The number of nitrogens with zero attached hydrogens (tertiary/aromatic N) is 2. The van der Waals surface area contributed by atoms with Crippen LogP contribution < -0.4 is 4.90 Å². The first-order valence-corrected chi connectivity index (χ1v) is 11.2. The van der Waals surface area contributed by atoms with E-state index >= 15 is 0 Å². The molecule has 2 aromatic rings. The number of esters is 1. The Morgan fingerprint density at radius 3 is 2.33 bits per heavy atom. The fourth-order valence-electron chi connectivity index (χ4n) is 3.03. The summed E-state index contributed by atoms with van der Waals surface area (Å²) in [6.45, 7) is 4.55. The Morgan fingerprint density at radius 1 is 1.10 bits per heavy atom. The molecule has 1 aliphatic heterocycles. The van der Waals surface area contributed by atoms with Crippen molar-refractivity contribution in [1.82, 2.24) is 4.31 Å². The van der Waals surface area contributed by atoms with E-state index in [1.807, 2.05) is 4.90 Å². The normalized spacial score (nSPS) is 15.1.